The topological polar surface area (TPSA) is 105 Å². The van der Waals surface area contributed by atoms with Crippen LogP contribution in [0.3, 0.4) is 0 Å². The summed E-state index contributed by atoms with van der Waals surface area (Å²) in [4.78, 5) is 39.0. The number of anilines is 2. The van der Waals surface area contributed by atoms with E-state index in [0.717, 1.165) is 29.2 Å². The van der Waals surface area contributed by atoms with E-state index >= 15 is 0 Å². The fourth-order valence-corrected chi connectivity index (χ4v) is 5.36. The fraction of sp³-hybridized carbons (Fsp3) is 0.192. The van der Waals surface area contributed by atoms with E-state index in [1.165, 1.54) is 0 Å². The van der Waals surface area contributed by atoms with Crippen molar-refractivity contribution in [1.82, 2.24) is 5.32 Å². The first-order valence-electron chi connectivity index (χ1n) is 11.7. The number of rotatable bonds is 5. The van der Waals surface area contributed by atoms with E-state index in [-0.39, 0.29) is 33.6 Å². The molecule has 3 amide bonds. The second-order valence-corrected chi connectivity index (χ2v) is 9.64. The summed E-state index contributed by atoms with van der Waals surface area (Å²) < 4.78 is 98.5. The molecule has 3 aromatic rings. The molecule has 0 fully saturated rings. The lowest BCUT2D eigenvalue weighted by atomic mass is 9.84. The molecule has 0 aromatic heterocycles. The van der Waals surface area contributed by atoms with Gasteiger partial charge in [-0.2, -0.15) is 13.2 Å². The van der Waals surface area contributed by atoms with Gasteiger partial charge in [0, 0.05) is 21.7 Å². The number of hydrogen-bond donors (Lipinski definition) is 3. The number of hydrogen-bond acceptors (Lipinski definition) is 4. The Bertz CT molecular complexity index is 1640. The summed E-state index contributed by atoms with van der Waals surface area (Å²) in [5, 5.41) is 4.76. The number of nitrogens with one attached hydrogen (secondary N) is 2. The van der Waals surface area contributed by atoms with E-state index in [9.17, 15) is 45.1 Å². The van der Waals surface area contributed by atoms with Gasteiger partial charge in [0.1, 0.15) is 11.6 Å². The highest BCUT2D eigenvalue weighted by atomic mass is 35.5. The quantitative estimate of drug-likeness (QED) is 0.348. The molecule has 41 heavy (non-hydrogen) atoms. The number of amides is 3. The lowest BCUT2D eigenvalue weighted by Gasteiger charge is -2.33. The molecule has 1 unspecified atom stereocenters. The molecule has 0 bridgehead atoms. The molecule has 1 atom stereocenters. The van der Waals surface area contributed by atoms with Gasteiger partial charge in [0.25, 0.3) is 12.3 Å². The lowest BCUT2D eigenvalue weighted by Crippen LogP contribution is -2.41. The van der Waals surface area contributed by atoms with Crippen LogP contribution in [0.4, 0.5) is 42.1 Å². The van der Waals surface area contributed by atoms with Crippen molar-refractivity contribution in [2.24, 2.45) is 5.73 Å². The van der Waals surface area contributed by atoms with Gasteiger partial charge in [-0.05, 0) is 42.0 Å². The molecule has 5 rings (SSSR count). The molecule has 214 valence electrons. The minimum Gasteiger partial charge on any atom is -0.366 e. The van der Waals surface area contributed by atoms with Gasteiger partial charge in [0.15, 0.2) is 0 Å². The van der Waals surface area contributed by atoms with Gasteiger partial charge >= 0.3 is 6.18 Å². The van der Waals surface area contributed by atoms with E-state index < -0.39 is 88.9 Å². The average Bonchev–Trinajstić information content (AvgIpc) is 3.21. The molecule has 0 spiro atoms. The van der Waals surface area contributed by atoms with Crippen LogP contribution in [0.25, 0.3) is 11.1 Å². The van der Waals surface area contributed by atoms with Crippen LogP contribution in [0.2, 0.25) is 5.02 Å². The number of nitrogens with two attached hydrogens (primary N) is 1. The summed E-state index contributed by atoms with van der Waals surface area (Å²) in [5.74, 6) is -5.51. The standard InChI is InChI=1S/C26H16ClF7N4O3/c27-15-2-1-9(28)3-11(15)22-20-12(19-13(24(35)40)4-10(29)5-14(19)26(32,33)34)6-16-23(21(20)25(41)37-22)36-18(39)8-38(16)7-17(30)31/h1-6,17,22H,7-8H2,(H2,35,40)(H,36,39)(H,37,41). The first-order valence-corrected chi connectivity index (χ1v) is 12.1. The Labute approximate surface area is 231 Å². The number of halogens is 8. The molecule has 7 nitrogen and oxygen atoms in total. The van der Waals surface area contributed by atoms with Crippen LogP contribution in [0, 0.1) is 11.6 Å². The second kappa shape index (κ2) is 9.94. The van der Waals surface area contributed by atoms with E-state index in [0.29, 0.717) is 6.07 Å². The molecule has 0 saturated carbocycles. The van der Waals surface area contributed by atoms with Crippen molar-refractivity contribution in [3.8, 4) is 11.1 Å². The van der Waals surface area contributed by atoms with Gasteiger partial charge in [-0.25, -0.2) is 17.6 Å². The molecular formula is C26H16ClF7N4O3. The summed E-state index contributed by atoms with van der Waals surface area (Å²) >= 11 is 6.26. The minimum atomic E-state index is -5.27. The summed E-state index contributed by atoms with van der Waals surface area (Å²) in [6, 6.07) is 3.13. The summed E-state index contributed by atoms with van der Waals surface area (Å²) in [7, 11) is 0. The van der Waals surface area contributed by atoms with Gasteiger partial charge in [0.05, 0.1) is 47.2 Å². The summed E-state index contributed by atoms with van der Waals surface area (Å²) in [6.07, 6.45) is -8.28. The van der Waals surface area contributed by atoms with E-state index in [1.54, 1.807) is 0 Å². The molecule has 0 aliphatic carbocycles. The molecular weight excluding hydrogens is 585 g/mol. The normalized spacial score (nSPS) is 16.4. The van der Waals surface area contributed by atoms with Crippen molar-refractivity contribution in [2.75, 3.05) is 23.3 Å². The van der Waals surface area contributed by atoms with E-state index in [1.807, 2.05) is 0 Å². The highest BCUT2D eigenvalue weighted by Crippen LogP contribution is 2.51. The van der Waals surface area contributed by atoms with Gasteiger partial charge < -0.3 is 21.3 Å². The number of alkyl halides is 5. The predicted octanol–water partition coefficient (Wildman–Crippen LogP) is 5.26. The second-order valence-electron chi connectivity index (χ2n) is 9.24. The predicted molar refractivity (Wildman–Crippen MR) is 133 cm³/mol. The number of benzene rings is 3. The SMILES string of the molecule is NC(=O)c1cc(F)cc(C(F)(F)F)c1-c1cc2c(c3c1C(c1cc(F)ccc1Cl)NC3=O)NC(=O)CN2CC(F)F. The third-order valence-electron chi connectivity index (χ3n) is 6.65. The van der Waals surface area contributed by atoms with Crippen LogP contribution in [-0.4, -0.2) is 37.2 Å². The Morgan fingerprint density at radius 3 is 2.41 bits per heavy atom. The third-order valence-corrected chi connectivity index (χ3v) is 6.99. The smallest absolute Gasteiger partial charge is 0.366 e. The molecule has 2 heterocycles. The van der Waals surface area contributed by atoms with Crippen molar-refractivity contribution in [3.05, 3.63) is 80.9 Å². The van der Waals surface area contributed by atoms with Gasteiger partial charge in [0.2, 0.25) is 11.8 Å². The molecule has 4 N–H and O–H groups in total. The van der Waals surface area contributed by atoms with Crippen molar-refractivity contribution in [2.45, 2.75) is 18.6 Å². The van der Waals surface area contributed by atoms with Gasteiger partial charge in [-0.1, -0.05) is 11.6 Å². The van der Waals surface area contributed by atoms with Gasteiger partial charge in [-0.3, -0.25) is 14.4 Å². The zero-order chi connectivity index (χ0) is 30.0. The highest BCUT2D eigenvalue weighted by molar-refractivity contribution is 6.31. The Morgan fingerprint density at radius 1 is 1.07 bits per heavy atom. The van der Waals surface area contributed by atoms with Crippen molar-refractivity contribution < 1.29 is 45.1 Å². The number of carbonyl (C=O) groups excluding carboxylic acids is 3. The molecule has 3 aromatic carbocycles. The molecule has 15 heteroatoms. The summed E-state index contributed by atoms with van der Waals surface area (Å²) in [6.45, 7) is -1.69. The first kappa shape index (κ1) is 28.2. The average molecular weight is 601 g/mol. The Morgan fingerprint density at radius 2 is 1.78 bits per heavy atom. The Hall–Kier alpha value is -4.33. The van der Waals surface area contributed by atoms with Crippen LogP contribution in [0.5, 0.6) is 0 Å². The number of fused-ring (bicyclic) bond motifs is 3. The zero-order valence-electron chi connectivity index (χ0n) is 20.3. The molecule has 2 aliphatic rings. The maximum Gasteiger partial charge on any atom is 0.417 e. The molecule has 2 aliphatic heterocycles. The van der Waals surface area contributed by atoms with Crippen molar-refractivity contribution in [3.63, 3.8) is 0 Å². The monoisotopic (exact) mass is 600 g/mol. The van der Waals surface area contributed by atoms with Crippen LogP contribution in [0.15, 0.2) is 36.4 Å². The Kier molecular flexibility index (Phi) is 6.84. The van der Waals surface area contributed by atoms with Crippen LogP contribution < -0.4 is 21.3 Å². The van der Waals surface area contributed by atoms with Crippen molar-refractivity contribution in [1.29, 1.82) is 0 Å². The Balaban J connectivity index is 1.96. The van der Waals surface area contributed by atoms with Crippen LogP contribution in [-0.2, 0) is 11.0 Å². The zero-order valence-corrected chi connectivity index (χ0v) is 21.1. The number of carbonyl (C=O) groups is 3. The summed E-state index contributed by atoms with van der Waals surface area (Å²) in [5.41, 5.74) is -0.138. The fourth-order valence-electron chi connectivity index (χ4n) is 5.13. The van der Waals surface area contributed by atoms with Crippen molar-refractivity contribution >= 4 is 40.7 Å². The van der Waals surface area contributed by atoms with Crippen LogP contribution in [0.1, 0.15) is 43.4 Å². The largest absolute Gasteiger partial charge is 0.417 e. The third kappa shape index (κ3) is 4.92. The van der Waals surface area contributed by atoms with E-state index in [4.69, 9.17) is 17.3 Å². The number of nitrogens with zero attached hydrogens (tertiary/aromatic N) is 1. The molecule has 0 radical (unpaired) electrons. The molecule has 0 saturated heterocycles. The number of primary amides is 1. The maximum absolute atomic E-state index is 14.3. The lowest BCUT2D eigenvalue weighted by molar-refractivity contribution is -0.137. The first-order chi connectivity index (χ1) is 19.2. The maximum atomic E-state index is 14.3. The van der Waals surface area contributed by atoms with E-state index in [2.05, 4.69) is 10.6 Å². The minimum absolute atomic E-state index is 0.108. The van der Waals surface area contributed by atoms with Gasteiger partial charge in [-0.15, -0.1) is 0 Å². The van der Waals surface area contributed by atoms with Crippen LogP contribution >= 0.6 is 11.6 Å². The highest BCUT2D eigenvalue weighted by Gasteiger charge is 2.43.